The average Bonchev–Trinajstić information content (AvgIpc) is 3.23. The lowest BCUT2D eigenvalue weighted by molar-refractivity contribution is -0.117. The summed E-state index contributed by atoms with van der Waals surface area (Å²) in [6, 6.07) is 16.2. The van der Waals surface area contributed by atoms with Crippen LogP contribution in [0.1, 0.15) is 6.42 Å². The molecule has 0 saturated carbocycles. The van der Waals surface area contributed by atoms with Gasteiger partial charge in [-0.25, -0.2) is 0 Å². The van der Waals surface area contributed by atoms with Gasteiger partial charge in [0.15, 0.2) is 0 Å². The van der Waals surface area contributed by atoms with Gasteiger partial charge in [-0.3, -0.25) is 9.89 Å². The van der Waals surface area contributed by atoms with Crippen LogP contribution in [0.5, 0.6) is 0 Å². The normalized spacial score (nSPS) is 11.2. The number of anilines is 1. The lowest BCUT2D eigenvalue weighted by Crippen LogP contribution is -2.13. The van der Waals surface area contributed by atoms with Gasteiger partial charge in [0.05, 0.1) is 23.4 Å². The molecule has 0 spiro atoms. The number of fused-ring (bicyclic) bond motifs is 2. The highest BCUT2D eigenvalue weighted by molar-refractivity contribution is 7.22. The van der Waals surface area contributed by atoms with Crippen molar-refractivity contribution in [1.29, 1.82) is 0 Å². The van der Waals surface area contributed by atoms with Crippen molar-refractivity contribution in [2.75, 3.05) is 19.0 Å². The average molecular weight is 351 g/mol. The minimum Gasteiger partial charge on any atom is -0.384 e. The molecule has 6 heteroatoms. The molecule has 0 saturated heterocycles. The molecular formula is C19H17N3O2S. The summed E-state index contributed by atoms with van der Waals surface area (Å²) in [6.45, 7) is 0.410. The number of amides is 1. The largest absolute Gasteiger partial charge is 0.384 e. The maximum Gasteiger partial charge on any atom is 0.226 e. The maximum atomic E-state index is 11.9. The van der Waals surface area contributed by atoms with Gasteiger partial charge in [-0.05, 0) is 35.7 Å². The molecule has 2 N–H and O–H groups in total. The summed E-state index contributed by atoms with van der Waals surface area (Å²) in [7, 11) is 1.59. The summed E-state index contributed by atoms with van der Waals surface area (Å²) in [4.78, 5) is 13.0. The fourth-order valence-corrected chi connectivity index (χ4v) is 3.86. The number of hydrogen-bond acceptors (Lipinski definition) is 4. The molecule has 25 heavy (non-hydrogen) atoms. The van der Waals surface area contributed by atoms with E-state index in [4.69, 9.17) is 4.74 Å². The monoisotopic (exact) mass is 351 g/mol. The molecule has 126 valence electrons. The third-order valence-electron chi connectivity index (χ3n) is 4.04. The fourth-order valence-electron chi connectivity index (χ4n) is 2.80. The number of H-pyrrole nitrogens is 1. The molecule has 4 aromatic rings. The molecule has 0 unspecified atom stereocenters. The second-order valence-electron chi connectivity index (χ2n) is 5.77. The molecule has 0 atom stereocenters. The molecule has 0 aliphatic rings. The van der Waals surface area contributed by atoms with Crippen molar-refractivity contribution in [3.63, 3.8) is 0 Å². The third kappa shape index (κ3) is 3.14. The molecule has 0 fully saturated rings. The lowest BCUT2D eigenvalue weighted by atomic mass is 10.1. The number of rotatable bonds is 5. The van der Waals surface area contributed by atoms with E-state index < -0.39 is 0 Å². The zero-order valence-corrected chi connectivity index (χ0v) is 14.5. The standard InChI is InChI=1S/C19H17N3O2S/c1-24-9-8-18(23)20-13-6-7-15-14(11-13)19(22-21-15)17-10-12-4-2-3-5-16(12)25-17/h2-7,10-11H,8-9H2,1H3,(H,20,23)(H,21,22). The Labute approximate surface area is 148 Å². The Hall–Kier alpha value is -2.70. The summed E-state index contributed by atoms with van der Waals surface area (Å²) in [5.41, 5.74) is 2.61. The van der Waals surface area contributed by atoms with E-state index in [1.165, 1.54) is 10.1 Å². The van der Waals surface area contributed by atoms with Gasteiger partial charge < -0.3 is 10.1 Å². The molecule has 2 aromatic carbocycles. The van der Waals surface area contributed by atoms with Crippen LogP contribution in [0.15, 0.2) is 48.5 Å². The minimum absolute atomic E-state index is 0.0619. The molecule has 0 aliphatic carbocycles. The highest BCUT2D eigenvalue weighted by Gasteiger charge is 2.12. The number of nitrogens with zero attached hydrogens (tertiary/aromatic N) is 1. The first kappa shape index (κ1) is 15.8. The van der Waals surface area contributed by atoms with E-state index in [0.717, 1.165) is 27.2 Å². The summed E-state index contributed by atoms with van der Waals surface area (Å²) in [5.74, 6) is -0.0619. The number of carbonyl (C=O) groups excluding carboxylic acids is 1. The number of hydrogen-bond donors (Lipinski definition) is 2. The number of aromatic amines is 1. The number of benzene rings is 2. The van der Waals surface area contributed by atoms with Gasteiger partial charge in [0, 0.05) is 22.9 Å². The van der Waals surface area contributed by atoms with E-state index in [1.807, 2.05) is 30.3 Å². The van der Waals surface area contributed by atoms with Gasteiger partial charge in [-0.1, -0.05) is 18.2 Å². The lowest BCUT2D eigenvalue weighted by Gasteiger charge is -2.05. The van der Waals surface area contributed by atoms with Crippen LogP contribution >= 0.6 is 11.3 Å². The highest BCUT2D eigenvalue weighted by atomic mass is 32.1. The van der Waals surface area contributed by atoms with E-state index >= 15 is 0 Å². The Morgan fingerprint density at radius 2 is 2.12 bits per heavy atom. The van der Waals surface area contributed by atoms with Crippen molar-refractivity contribution >= 4 is 43.9 Å². The third-order valence-corrected chi connectivity index (χ3v) is 5.16. The summed E-state index contributed by atoms with van der Waals surface area (Å²) in [6.07, 6.45) is 0.336. The first-order valence-electron chi connectivity index (χ1n) is 8.00. The van der Waals surface area contributed by atoms with Crippen LogP contribution in [-0.4, -0.2) is 29.8 Å². The zero-order valence-electron chi connectivity index (χ0n) is 13.7. The SMILES string of the molecule is COCCC(=O)Nc1ccc2[nH]nc(-c3cc4ccccc4s3)c2c1. The summed E-state index contributed by atoms with van der Waals surface area (Å²) < 4.78 is 6.17. The molecule has 0 aliphatic heterocycles. The van der Waals surface area contributed by atoms with Crippen LogP contribution in [-0.2, 0) is 9.53 Å². The Morgan fingerprint density at radius 3 is 2.96 bits per heavy atom. The van der Waals surface area contributed by atoms with Crippen molar-refractivity contribution in [3.8, 4) is 10.6 Å². The van der Waals surface area contributed by atoms with Crippen molar-refractivity contribution in [2.45, 2.75) is 6.42 Å². The molecule has 4 rings (SSSR count). The van der Waals surface area contributed by atoms with Gasteiger partial charge >= 0.3 is 0 Å². The van der Waals surface area contributed by atoms with Gasteiger partial charge in [0.25, 0.3) is 0 Å². The van der Waals surface area contributed by atoms with Gasteiger partial charge in [0.2, 0.25) is 5.91 Å². The number of methoxy groups -OCH3 is 1. The second kappa shape index (κ2) is 6.66. The number of carbonyl (C=O) groups is 1. The van der Waals surface area contributed by atoms with E-state index in [2.05, 4.69) is 33.7 Å². The molecule has 1 amide bonds. The number of aromatic nitrogens is 2. The van der Waals surface area contributed by atoms with Crippen molar-refractivity contribution in [1.82, 2.24) is 10.2 Å². The molecule has 5 nitrogen and oxygen atoms in total. The number of thiophene rings is 1. The van der Waals surface area contributed by atoms with Crippen molar-refractivity contribution in [2.24, 2.45) is 0 Å². The highest BCUT2D eigenvalue weighted by Crippen LogP contribution is 2.36. The van der Waals surface area contributed by atoms with Crippen LogP contribution < -0.4 is 5.32 Å². The Balaban J connectivity index is 1.70. The van der Waals surface area contributed by atoms with Gasteiger partial charge in [-0.2, -0.15) is 5.10 Å². The summed E-state index contributed by atoms with van der Waals surface area (Å²) in [5, 5.41) is 12.7. The Kier molecular flexibility index (Phi) is 4.21. The van der Waals surface area contributed by atoms with Crippen LogP contribution in [0.2, 0.25) is 0 Å². The summed E-state index contributed by atoms with van der Waals surface area (Å²) >= 11 is 1.71. The van der Waals surface area contributed by atoms with Crippen molar-refractivity contribution in [3.05, 3.63) is 48.5 Å². The molecule has 0 bridgehead atoms. The van der Waals surface area contributed by atoms with Crippen molar-refractivity contribution < 1.29 is 9.53 Å². The first-order chi connectivity index (χ1) is 12.2. The van der Waals surface area contributed by atoms with Crippen LogP contribution in [0.25, 0.3) is 31.6 Å². The maximum absolute atomic E-state index is 11.9. The Bertz CT molecular complexity index is 1020. The first-order valence-corrected chi connectivity index (χ1v) is 8.82. The quantitative estimate of drug-likeness (QED) is 0.559. The predicted molar refractivity (Wildman–Crippen MR) is 102 cm³/mol. The van der Waals surface area contributed by atoms with E-state index in [1.54, 1.807) is 18.4 Å². The van der Waals surface area contributed by atoms with Crippen LogP contribution in [0.4, 0.5) is 5.69 Å². The smallest absolute Gasteiger partial charge is 0.226 e. The van der Waals surface area contributed by atoms with Gasteiger partial charge in [-0.15, -0.1) is 11.3 Å². The number of nitrogens with one attached hydrogen (secondary N) is 2. The van der Waals surface area contributed by atoms with E-state index in [9.17, 15) is 4.79 Å². The zero-order chi connectivity index (χ0) is 17.2. The Morgan fingerprint density at radius 1 is 1.24 bits per heavy atom. The molecule has 2 heterocycles. The molecule has 0 radical (unpaired) electrons. The molecular weight excluding hydrogens is 334 g/mol. The van der Waals surface area contributed by atoms with E-state index in [-0.39, 0.29) is 5.91 Å². The van der Waals surface area contributed by atoms with Crippen LogP contribution in [0.3, 0.4) is 0 Å². The fraction of sp³-hybridized carbons (Fsp3) is 0.158. The van der Waals surface area contributed by atoms with E-state index in [0.29, 0.717) is 13.0 Å². The minimum atomic E-state index is -0.0619. The van der Waals surface area contributed by atoms with Crippen LogP contribution in [0, 0.1) is 0 Å². The predicted octanol–water partition coefficient (Wildman–Crippen LogP) is 4.42. The second-order valence-corrected chi connectivity index (χ2v) is 6.86. The topological polar surface area (TPSA) is 67.0 Å². The van der Waals surface area contributed by atoms with Gasteiger partial charge in [0.1, 0.15) is 5.69 Å². The molecule has 2 aromatic heterocycles. The number of ether oxygens (including phenoxy) is 1.